The molecule has 30 heavy (non-hydrogen) atoms. The normalized spacial score (nSPS) is 11.4. The van der Waals surface area contributed by atoms with Crippen LogP contribution in [0.4, 0.5) is 10.1 Å². The van der Waals surface area contributed by atoms with Gasteiger partial charge in [-0.15, -0.1) is 0 Å². The van der Waals surface area contributed by atoms with Gasteiger partial charge in [0.15, 0.2) is 0 Å². The summed E-state index contributed by atoms with van der Waals surface area (Å²) in [7, 11) is 1.91. The maximum Gasteiger partial charge on any atom is 0.257 e. The minimum Gasteiger partial charge on any atom is -0.326 e. The Morgan fingerprint density at radius 1 is 1.20 bits per heavy atom. The number of benzene rings is 2. The molecule has 0 atom stereocenters. The first kappa shape index (κ1) is 21.7. The Hall–Kier alpha value is -3.00. The van der Waals surface area contributed by atoms with E-state index in [9.17, 15) is 9.18 Å². The molecule has 1 amide bonds. The van der Waals surface area contributed by atoms with Gasteiger partial charge in [0.1, 0.15) is 5.82 Å². The highest BCUT2D eigenvalue weighted by molar-refractivity contribution is 9.10. The fourth-order valence-electron chi connectivity index (χ4n) is 3.05. The van der Waals surface area contributed by atoms with Crippen molar-refractivity contribution in [3.05, 3.63) is 81.3 Å². The van der Waals surface area contributed by atoms with Gasteiger partial charge in [-0.2, -0.15) is 5.10 Å². The number of aryl methyl sites for hydroxylation is 2. The molecule has 0 aliphatic carbocycles. The number of amides is 1. The number of aliphatic imine (C=N–C) groups is 1. The fourth-order valence-corrected chi connectivity index (χ4v) is 3.45. The number of nitrogens with one attached hydrogen (secondary N) is 2. The predicted octanol–water partition coefficient (Wildman–Crippen LogP) is 4.38. The van der Waals surface area contributed by atoms with Crippen LogP contribution in [0, 0.1) is 19.7 Å². The van der Waals surface area contributed by atoms with E-state index in [1.165, 1.54) is 24.3 Å². The van der Waals surface area contributed by atoms with Gasteiger partial charge < -0.3 is 5.32 Å². The van der Waals surface area contributed by atoms with E-state index in [4.69, 9.17) is 0 Å². The summed E-state index contributed by atoms with van der Waals surface area (Å²) in [4.78, 5) is 17.2. The van der Waals surface area contributed by atoms with E-state index in [1.54, 1.807) is 0 Å². The summed E-state index contributed by atoms with van der Waals surface area (Å²) in [5, 5.41) is 10.4. The number of hydrogen-bond donors (Lipinski definition) is 2. The van der Waals surface area contributed by atoms with Crippen LogP contribution in [-0.2, 0) is 13.5 Å². The molecule has 1 aromatic heterocycles. The van der Waals surface area contributed by atoms with Crippen molar-refractivity contribution in [1.82, 2.24) is 15.1 Å². The van der Waals surface area contributed by atoms with Gasteiger partial charge in [0.25, 0.3) is 5.91 Å². The van der Waals surface area contributed by atoms with Crippen LogP contribution < -0.4 is 10.6 Å². The Bertz CT molecular complexity index is 1080. The number of guanidine groups is 1. The zero-order chi connectivity index (χ0) is 21.7. The lowest BCUT2D eigenvalue weighted by Gasteiger charge is -2.12. The standard InChI is InChI=1S/C22H23BrFN5O/c1-14-20(15(2)29(3)28-14)11-12-25-22(26-19-6-4-5-17(23)13-19)27-21(30)16-7-9-18(24)10-8-16/h4-10,13H,11-12H2,1-3H3,(H2,25,26,27,30). The van der Waals surface area contributed by atoms with Gasteiger partial charge in [-0.05, 0) is 68.3 Å². The minimum atomic E-state index is -0.394. The molecule has 6 nitrogen and oxygen atoms in total. The molecule has 3 rings (SSSR count). The average Bonchev–Trinajstić information content (AvgIpc) is 2.94. The SMILES string of the molecule is Cc1nn(C)c(C)c1CCN=C(NC(=O)c1ccc(F)cc1)Nc1cccc(Br)c1. The summed E-state index contributed by atoms with van der Waals surface area (Å²) in [6, 6.07) is 12.9. The third-order valence-electron chi connectivity index (χ3n) is 4.72. The van der Waals surface area contributed by atoms with Crippen LogP contribution in [0.1, 0.15) is 27.3 Å². The van der Waals surface area contributed by atoms with Crippen molar-refractivity contribution < 1.29 is 9.18 Å². The quantitative estimate of drug-likeness (QED) is 0.428. The van der Waals surface area contributed by atoms with Crippen molar-refractivity contribution in [2.75, 3.05) is 11.9 Å². The second kappa shape index (κ2) is 9.67. The molecule has 0 aliphatic rings. The van der Waals surface area contributed by atoms with Crippen LogP contribution in [0.25, 0.3) is 0 Å². The molecule has 0 fully saturated rings. The molecule has 0 aliphatic heterocycles. The van der Waals surface area contributed by atoms with Gasteiger partial charge in [0.05, 0.1) is 5.69 Å². The summed E-state index contributed by atoms with van der Waals surface area (Å²) in [6.45, 7) is 4.46. The molecule has 0 saturated carbocycles. The monoisotopic (exact) mass is 471 g/mol. The van der Waals surface area contributed by atoms with Gasteiger partial charge >= 0.3 is 0 Å². The largest absolute Gasteiger partial charge is 0.326 e. The van der Waals surface area contributed by atoms with Crippen molar-refractivity contribution in [2.24, 2.45) is 12.0 Å². The highest BCUT2D eigenvalue weighted by Gasteiger charge is 2.12. The van der Waals surface area contributed by atoms with E-state index in [1.807, 2.05) is 49.8 Å². The molecule has 0 saturated heterocycles. The van der Waals surface area contributed by atoms with E-state index in [0.29, 0.717) is 24.5 Å². The Balaban J connectivity index is 1.78. The second-order valence-electron chi connectivity index (χ2n) is 6.85. The smallest absolute Gasteiger partial charge is 0.257 e. The number of aromatic nitrogens is 2. The van der Waals surface area contributed by atoms with Gasteiger partial charge in [-0.3, -0.25) is 19.8 Å². The Morgan fingerprint density at radius 2 is 1.93 bits per heavy atom. The first-order valence-electron chi connectivity index (χ1n) is 9.46. The molecule has 2 N–H and O–H groups in total. The highest BCUT2D eigenvalue weighted by Crippen LogP contribution is 2.16. The Kier molecular flexibility index (Phi) is 6.99. The summed E-state index contributed by atoms with van der Waals surface area (Å²) in [6.07, 6.45) is 0.696. The molecule has 0 unspecified atom stereocenters. The number of carbonyl (C=O) groups excluding carboxylic acids is 1. The minimum absolute atomic E-state index is 0.321. The number of hydrogen-bond acceptors (Lipinski definition) is 3. The topological polar surface area (TPSA) is 71.3 Å². The lowest BCUT2D eigenvalue weighted by molar-refractivity contribution is 0.0977. The van der Waals surface area contributed by atoms with Gasteiger partial charge in [-0.1, -0.05) is 22.0 Å². The lowest BCUT2D eigenvalue weighted by Crippen LogP contribution is -2.36. The molecular formula is C22H23BrFN5O. The van der Waals surface area contributed by atoms with Crippen LogP contribution in [0.3, 0.4) is 0 Å². The summed E-state index contributed by atoms with van der Waals surface area (Å²) in [5.41, 5.74) is 4.34. The summed E-state index contributed by atoms with van der Waals surface area (Å²) < 4.78 is 15.9. The number of carbonyl (C=O) groups is 1. The van der Waals surface area contributed by atoms with Gasteiger partial charge in [0, 0.05) is 35.0 Å². The maximum atomic E-state index is 13.2. The fraction of sp³-hybridized carbons (Fsp3) is 0.227. The third-order valence-corrected chi connectivity index (χ3v) is 5.21. The second-order valence-corrected chi connectivity index (χ2v) is 7.77. The molecule has 0 radical (unpaired) electrons. The zero-order valence-electron chi connectivity index (χ0n) is 17.0. The molecule has 0 bridgehead atoms. The molecule has 0 spiro atoms. The van der Waals surface area contributed by atoms with Crippen LogP contribution in [-0.4, -0.2) is 28.2 Å². The number of nitrogens with zero attached hydrogens (tertiary/aromatic N) is 3. The van der Waals surface area contributed by atoms with E-state index in [2.05, 4.69) is 36.7 Å². The Labute approximate surface area is 183 Å². The first-order valence-corrected chi connectivity index (χ1v) is 10.3. The van der Waals surface area contributed by atoms with E-state index < -0.39 is 5.82 Å². The number of halogens is 2. The van der Waals surface area contributed by atoms with Crippen molar-refractivity contribution in [2.45, 2.75) is 20.3 Å². The molecule has 3 aromatic rings. The maximum absolute atomic E-state index is 13.2. The average molecular weight is 472 g/mol. The van der Waals surface area contributed by atoms with E-state index in [0.717, 1.165) is 27.1 Å². The molecule has 2 aromatic carbocycles. The zero-order valence-corrected chi connectivity index (χ0v) is 18.6. The van der Waals surface area contributed by atoms with Crippen molar-refractivity contribution >= 4 is 33.5 Å². The van der Waals surface area contributed by atoms with Crippen LogP contribution in [0.2, 0.25) is 0 Å². The number of anilines is 1. The van der Waals surface area contributed by atoms with Crippen LogP contribution in [0.15, 0.2) is 58.0 Å². The van der Waals surface area contributed by atoms with Gasteiger partial charge in [-0.25, -0.2) is 4.39 Å². The first-order chi connectivity index (χ1) is 14.3. The van der Waals surface area contributed by atoms with Gasteiger partial charge in [0.2, 0.25) is 5.96 Å². The van der Waals surface area contributed by atoms with Crippen molar-refractivity contribution in [3.8, 4) is 0 Å². The number of rotatable bonds is 5. The summed E-state index contributed by atoms with van der Waals surface area (Å²) >= 11 is 3.44. The molecule has 156 valence electrons. The molecule has 1 heterocycles. The van der Waals surface area contributed by atoms with E-state index >= 15 is 0 Å². The lowest BCUT2D eigenvalue weighted by atomic mass is 10.1. The Morgan fingerprint density at radius 3 is 2.57 bits per heavy atom. The molecule has 8 heteroatoms. The van der Waals surface area contributed by atoms with Crippen LogP contribution in [0.5, 0.6) is 0 Å². The van der Waals surface area contributed by atoms with E-state index in [-0.39, 0.29) is 5.91 Å². The third kappa shape index (κ3) is 5.54. The van der Waals surface area contributed by atoms with Crippen molar-refractivity contribution in [3.63, 3.8) is 0 Å². The molecular weight excluding hydrogens is 449 g/mol. The van der Waals surface area contributed by atoms with Crippen LogP contribution >= 0.6 is 15.9 Å². The summed E-state index contributed by atoms with van der Waals surface area (Å²) in [5.74, 6) is -0.443. The predicted molar refractivity (Wildman–Crippen MR) is 120 cm³/mol. The van der Waals surface area contributed by atoms with Crippen molar-refractivity contribution in [1.29, 1.82) is 0 Å². The highest BCUT2D eigenvalue weighted by atomic mass is 79.9.